The minimum Gasteiger partial charge on any atom is -0.473 e. The van der Waals surface area contributed by atoms with Crippen molar-refractivity contribution in [3.8, 4) is 5.88 Å². The van der Waals surface area contributed by atoms with Crippen molar-refractivity contribution in [3.05, 3.63) is 18.3 Å². The highest BCUT2D eigenvalue weighted by Gasteiger charge is 2.19. The van der Waals surface area contributed by atoms with E-state index in [2.05, 4.69) is 22.1 Å². The molecule has 1 atom stereocenters. The van der Waals surface area contributed by atoms with Gasteiger partial charge in [0, 0.05) is 25.8 Å². The molecule has 2 heterocycles. The number of nitrogens with one attached hydrogen (secondary N) is 1. The normalized spacial score (nSPS) is 20.1. The van der Waals surface area contributed by atoms with E-state index in [1.165, 1.54) is 0 Å². The van der Waals surface area contributed by atoms with Crippen molar-refractivity contribution < 1.29 is 9.47 Å². The number of pyridine rings is 1. The third-order valence-corrected chi connectivity index (χ3v) is 3.31. The molecule has 0 radical (unpaired) electrons. The molecule has 5 heteroatoms. The zero-order chi connectivity index (χ0) is 14.4. The zero-order valence-corrected chi connectivity index (χ0v) is 12.6. The first kappa shape index (κ1) is 15.1. The van der Waals surface area contributed by atoms with Gasteiger partial charge in [-0.3, -0.25) is 4.90 Å². The molecule has 0 bridgehead atoms. The second kappa shape index (κ2) is 7.45. The summed E-state index contributed by atoms with van der Waals surface area (Å²) in [6.07, 6.45) is 2.08. The van der Waals surface area contributed by atoms with Crippen LogP contribution in [0.1, 0.15) is 20.8 Å². The molecule has 5 nitrogen and oxygen atoms in total. The quantitative estimate of drug-likeness (QED) is 0.863. The van der Waals surface area contributed by atoms with Crippen molar-refractivity contribution in [3.63, 3.8) is 0 Å². The van der Waals surface area contributed by atoms with E-state index in [0.717, 1.165) is 38.5 Å². The van der Waals surface area contributed by atoms with Gasteiger partial charge in [0.1, 0.15) is 0 Å². The number of aromatic nitrogens is 1. The maximum absolute atomic E-state index is 5.79. The molecule has 1 aliphatic rings. The van der Waals surface area contributed by atoms with Crippen LogP contribution >= 0.6 is 0 Å². The third kappa shape index (κ3) is 4.35. The summed E-state index contributed by atoms with van der Waals surface area (Å²) < 4.78 is 11.5. The number of nitrogens with zero attached hydrogens (tertiary/aromatic N) is 2. The van der Waals surface area contributed by atoms with Crippen LogP contribution < -0.4 is 10.1 Å². The highest BCUT2D eigenvalue weighted by atomic mass is 16.5. The average Bonchev–Trinajstić information content (AvgIpc) is 2.46. The van der Waals surface area contributed by atoms with Gasteiger partial charge in [0.15, 0.2) is 0 Å². The van der Waals surface area contributed by atoms with Crippen LogP contribution in [0.2, 0.25) is 0 Å². The first-order chi connectivity index (χ1) is 9.69. The van der Waals surface area contributed by atoms with Crippen molar-refractivity contribution in [1.29, 1.82) is 0 Å². The van der Waals surface area contributed by atoms with Gasteiger partial charge in [0.2, 0.25) is 5.88 Å². The maximum Gasteiger partial charge on any atom is 0.237 e. The van der Waals surface area contributed by atoms with Gasteiger partial charge >= 0.3 is 0 Å². The summed E-state index contributed by atoms with van der Waals surface area (Å²) in [4.78, 5) is 6.69. The fourth-order valence-corrected chi connectivity index (χ4v) is 2.26. The summed E-state index contributed by atoms with van der Waals surface area (Å²) in [6.45, 7) is 10.9. The molecule has 1 fully saturated rings. The van der Waals surface area contributed by atoms with Crippen LogP contribution in [0.3, 0.4) is 0 Å². The van der Waals surface area contributed by atoms with E-state index in [1.807, 2.05) is 26.0 Å². The average molecular weight is 279 g/mol. The molecular formula is C15H25N3O2. The Balaban J connectivity index is 1.90. The van der Waals surface area contributed by atoms with Gasteiger partial charge in [-0.1, -0.05) is 6.92 Å². The summed E-state index contributed by atoms with van der Waals surface area (Å²) in [5.74, 6) is 0.658. The van der Waals surface area contributed by atoms with Crippen LogP contribution in [-0.4, -0.2) is 54.9 Å². The lowest BCUT2D eigenvalue weighted by molar-refractivity contribution is -0.0192. The minimum absolute atomic E-state index is 0.118. The van der Waals surface area contributed by atoms with Gasteiger partial charge in [-0.15, -0.1) is 0 Å². The molecule has 0 aromatic carbocycles. The predicted molar refractivity (Wildman–Crippen MR) is 80.3 cm³/mol. The lowest BCUT2D eigenvalue weighted by Gasteiger charge is -2.32. The molecule has 1 N–H and O–H groups in total. The maximum atomic E-state index is 5.79. The monoisotopic (exact) mass is 279 g/mol. The lowest BCUT2D eigenvalue weighted by atomic mass is 10.2. The smallest absolute Gasteiger partial charge is 0.237 e. The fourth-order valence-electron chi connectivity index (χ4n) is 2.26. The molecule has 112 valence electrons. The van der Waals surface area contributed by atoms with E-state index < -0.39 is 0 Å². The second-order valence-corrected chi connectivity index (χ2v) is 5.29. The molecule has 1 aromatic rings. The lowest BCUT2D eigenvalue weighted by Crippen LogP contribution is -2.45. The Bertz CT molecular complexity index is 412. The molecule has 1 aromatic heterocycles. The number of hydrogen-bond donors (Lipinski definition) is 1. The van der Waals surface area contributed by atoms with Crippen molar-refractivity contribution in [2.45, 2.75) is 33.0 Å². The molecule has 0 aliphatic carbocycles. The Hall–Kier alpha value is -1.33. The highest BCUT2D eigenvalue weighted by Crippen LogP contribution is 2.22. The van der Waals surface area contributed by atoms with E-state index in [0.29, 0.717) is 5.88 Å². The molecule has 0 spiro atoms. The predicted octanol–water partition coefficient (Wildman–Crippen LogP) is 2.00. The van der Waals surface area contributed by atoms with Gasteiger partial charge in [-0.2, -0.15) is 0 Å². The Kier molecular flexibility index (Phi) is 5.61. The van der Waals surface area contributed by atoms with E-state index in [4.69, 9.17) is 9.47 Å². The van der Waals surface area contributed by atoms with E-state index in [1.54, 1.807) is 6.20 Å². The summed E-state index contributed by atoms with van der Waals surface area (Å²) in [7, 11) is 0. The number of likely N-dealkylation sites (N-methyl/N-ethyl adjacent to an activating group) is 1. The molecule has 1 unspecified atom stereocenters. The molecule has 0 amide bonds. The van der Waals surface area contributed by atoms with Gasteiger partial charge < -0.3 is 14.8 Å². The number of rotatable bonds is 6. The van der Waals surface area contributed by atoms with Crippen LogP contribution in [0.25, 0.3) is 0 Å². The molecule has 1 aliphatic heterocycles. The number of ether oxygens (including phenoxy) is 2. The first-order valence-electron chi connectivity index (χ1n) is 7.38. The fraction of sp³-hybridized carbons (Fsp3) is 0.667. The molecule has 1 saturated heterocycles. The second-order valence-electron chi connectivity index (χ2n) is 5.29. The summed E-state index contributed by atoms with van der Waals surface area (Å²) in [5.41, 5.74) is 0.929. The SMILES string of the molecule is CCN1CCOC(CNc2cccnc2OC(C)C)C1. The standard InChI is InChI=1S/C15H25N3O2/c1-4-18-8-9-19-13(11-18)10-17-14-6-5-7-16-15(14)20-12(2)3/h5-7,12-13,17H,4,8-11H2,1-3H3. The van der Waals surface area contributed by atoms with E-state index >= 15 is 0 Å². The van der Waals surface area contributed by atoms with E-state index in [9.17, 15) is 0 Å². The number of morpholine rings is 1. The highest BCUT2D eigenvalue weighted by molar-refractivity contribution is 5.52. The van der Waals surface area contributed by atoms with Crippen LogP contribution in [0.5, 0.6) is 5.88 Å². The molecule has 0 saturated carbocycles. The van der Waals surface area contributed by atoms with Gasteiger partial charge in [0.25, 0.3) is 0 Å². The van der Waals surface area contributed by atoms with Gasteiger partial charge in [-0.05, 0) is 32.5 Å². The first-order valence-corrected chi connectivity index (χ1v) is 7.38. The van der Waals surface area contributed by atoms with Crippen molar-refractivity contribution in [1.82, 2.24) is 9.88 Å². The third-order valence-electron chi connectivity index (χ3n) is 3.31. The molecule has 20 heavy (non-hydrogen) atoms. The molecule has 2 rings (SSSR count). The van der Waals surface area contributed by atoms with Crippen molar-refractivity contribution >= 4 is 5.69 Å². The minimum atomic E-state index is 0.118. The Morgan fingerprint density at radius 2 is 2.40 bits per heavy atom. The summed E-state index contributed by atoms with van der Waals surface area (Å²) >= 11 is 0. The van der Waals surface area contributed by atoms with Crippen LogP contribution in [0, 0.1) is 0 Å². The largest absolute Gasteiger partial charge is 0.473 e. The van der Waals surface area contributed by atoms with Crippen molar-refractivity contribution in [2.24, 2.45) is 0 Å². The van der Waals surface area contributed by atoms with Crippen LogP contribution in [0.4, 0.5) is 5.69 Å². The number of anilines is 1. The van der Waals surface area contributed by atoms with Crippen molar-refractivity contribution in [2.75, 3.05) is 38.1 Å². The molecular weight excluding hydrogens is 254 g/mol. The van der Waals surface area contributed by atoms with Crippen LogP contribution in [0.15, 0.2) is 18.3 Å². The number of hydrogen-bond acceptors (Lipinski definition) is 5. The summed E-state index contributed by atoms with van der Waals surface area (Å²) in [6, 6.07) is 3.90. The Labute approximate surface area is 121 Å². The Morgan fingerprint density at radius 3 is 3.15 bits per heavy atom. The zero-order valence-electron chi connectivity index (χ0n) is 12.6. The van der Waals surface area contributed by atoms with E-state index in [-0.39, 0.29) is 12.2 Å². The van der Waals surface area contributed by atoms with Crippen LogP contribution in [-0.2, 0) is 4.74 Å². The summed E-state index contributed by atoms with van der Waals surface area (Å²) in [5, 5.41) is 3.39. The van der Waals surface area contributed by atoms with Gasteiger partial charge in [0.05, 0.1) is 24.5 Å². The van der Waals surface area contributed by atoms with Gasteiger partial charge in [-0.25, -0.2) is 4.98 Å². The Morgan fingerprint density at radius 1 is 1.55 bits per heavy atom. The topological polar surface area (TPSA) is 46.6 Å².